The summed E-state index contributed by atoms with van der Waals surface area (Å²) in [5.74, 6) is 1.77. The van der Waals surface area contributed by atoms with Crippen LogP contribution in [0.5, 0.6) is 11.5 Å². The molecular formula is C31H30N2O2. The second-order valence-corrected chi connectivity index (χ2v) is 8.95. The van der Waals surface area contributed by atoms with Crippen LogP contribution in [-0.2, 0) is 6.54 Å². The van der Waals surface area contributed by atoms with Crippen molar-refractivity contribution in [2.24, 2.45) is 0 Å². The van der Waals surface area contributed by atoms with Gasteiger partial charge in [0.2, 0.25) is 0 Å². The predicted octanol–water partition coefficient (Wildman–Crippen LogP) is 6.79. The van der Waals surface area contributed by atoms with Crippen LogP contribution in [0.4, 0.5) is 5.69 Å². The number of benzene rings is 4. The number of hydrogen-bond donors (Lipinski definition) is 0. The number of piperidine rings is 1. The quantitative estimate of drug-likeness (QED) is 0.303. The molecule has 1 heterocycles. The van der Waals surface area contributed by atoms with E-state index in [0.29, 0.717) is 0 Å². The Bertz CT molecular complexity index is 1220. The Labute approximate surface area is 207 Å². The molecule has 5 rings (SSSR count). The third-order valence-corrected chi connectivity index (χ3v) is 6.48. The molecule has 1 aliphatic rings. The van der Waals surface area contributed by atoms with Crippen LogP contribution in [0.1, 0.15) is 28.8 Å². The van der Waals surface area contributed by atoms with E-state index in [0.717, 1.165) is 55.2 Å². The first-order valence-corrected chi connectivity index (χ1v) is 12.2. The van der Waals surface area contributed by atoms with E-state index in [9.17, 15) is 4.79 Å². The van der Waals surface area contributed by atoms with E-state index in [1.54, 1.807) is 0 Å². The molecule has 0 radical (unpaired) electrons. The SMILES string of the molecule is O=C(c1ccccc1)N(c1ccccc1)C1CCN(Cc2cccc(Oc3ccccc3)c2)CC1. The summed E-state index contributed by atoms with van der Waals surface area (Å²) in [5.41, 5.74) is 2.93. The minimum atomic E-state index is 0.0704. The molecular weight excluding hydrogens is 432 g/mol. The number of anilines is 1. The van der Waals surface area contributed by atoms with Crippen LogP contribution in [0.25, 0.3) is 0 Å². The number of hydrogen-bond acceptors (Lipinski definition) is 3. The molecule has 1 aliphatic heterocycles. The fourth-order valence-corrected chi connectivity index (χ4v) is 4.73. The smallest absolute Gasteiger partial charge is 0.258 e. The minimum Gasteiger partial charge on any atom is -0.457 e. The second-order valence-electron chi connectivity index (χ2n) is 8.95. The lowest BCUT2D eigenvalue weighted by atomic mass is 10.00. The van der Waals surface area contributed by atoms with Crippen molar-refractivity contribution in [1.82, 2.24) is 4.90 Å². The number of rotatable bonds is 7. The largest absolute Gasteiger partial charge is 0.457 e. The monoisotopic (exact) mass is 462 g/mol. The Kier molecular flexibility index (Phi) is 7.21. The summed E-state index contributed by atoms with van der Waals surface area (Å²) >= 11 is 0. The van der Waals surface area contributed by atoms with E-state index in [1.807, 2.05) is 102 Å². The molecule has 0 saturated carbocycles. The van der Waals surface area contributed by atoms with Crippen LogP contribution in [-0.4, -0.2) is 29.9 Å². The fraction of sp³-hybridized carbons (Fsp3) is 0.194. The third-order valence-electron chi connectivity index (χ3n) is 6.48. The standard InChI is InChI=1S/C31H30N2O2/c34-31(26-12-4-1-5-13-26)33(27-14-6-2-7-15-27)28-19-21-32(22-20-28)24-25-11-10-18-30(23-25)35-29-16-8-3-9-17-29/h1-18,23,28H,19-22,24H2. The lowest BCUT2D eigenvalue weighted by Gasteiger charge is -2.38. The fourth-order valence-electron chi connectivity index (χ4n) is 4.73. The van der Waals surface area contributed by atoms with E-state index in [1.165, 1.54) is 5.56 Å². The summed E-state index contributed by atoms with van der Waals surface area (Å²) in [6.45, 7) is 2.76. The molecule has 4 aromatic carbocycles. The molecule has 0 unspecified atom stereocenters. The van der Waals surface area contributed by atoms with Crippen LogP contribution in [0.3, 0.4) is 0 Å². The summed E-state index contributed by atoms with van der Waals surface area (Å²) < 4.78 is 6.01. The van der Waals surface area contributed by atoms with Crippen LogP contribution in [0, 0.1) is 0 Å². The van der Waals surface area contributed by atoms with Gasteiger partial charge >= 0.3 is 0 Å². The molecule has 4 nitrogen and oxygen atoms in total. The topological polar surface area (TPSA) is 32.8 Å². The van der Waals surface area contributed by atoms with Crippen LogP contribution < -0.4 is 9.64 Å². The molecule has 1 fully saturated rings. The Morgan fingerprint density at radius 1 is 0.743 bits per heavy atom. The van der Waals surface area contributed by atoms with Crippen LogP contribution in [0.2, 0.25) is 0 Å². The molecule has 4 heteroatoms. The third kappa shape index (κ3) is 5.79. The second kappa shape index (κ2) is 11.0. The van der Waals surface area contributed by atoms with E-state index in [4.69, 9.17) is 4.74 Å². The number of para-hydroxylation sites is 2. The van der Waals surface area contributed by atoms with Crippen molar-refractivity contribution in [2.75, 3.05) is 18.0 Å². The van der Waals surface area contributed by atoms with Gasteiger partial charge in [-0.1, -0.05) is 66.7 Å². The maximum atomic E-state index is 13.5. The van der Waals surface area contributed by atoms with Crippen molar-refractivity contribution in [3.05, 3.63) is 126 Å². The molecule has 1 saturated heterocycles. The summed E-state index contributed by atoms with van der Waals surface area (Å²) in [5, 5.41) is 0. The average molecular weight is 463 g/mol. The first-order chi connectivity index (χ1) is 17.3. The lowest BCUT2D eigenvalue weighted by Crippen LogP contribution is -2.47. The first-order valence-electron chi connectivity index (χ1n) is 12.2. The molecule has 1 amide bonds. The van der Waals surface area contributed by atoms with Crippen molar-refractivity contribution in [3.63, 3.8) is 0 Å². The van der Waals surface area contributed by atoms with Gasteiger partial charge in [0.15, 0.2) is 0 Å². The molecule has 0 spiro atoms. The van der Waals surface area contributed by atoms with Gasteiger partial charge in [0.25, 0.3) is 5.91 Å². The van der Waals surface area contributed by atoms with Crippen molar-refractivity contribution in [1.29, 1.82) is 0 Å². The zero-order valence-electron chi connectivity index (χ0n) is 19.8. The number of carbonyl (C=O) groups excluding carboxylic acids is 1. The summed E-state index contributed by atoms with van der Waals surface area (Å²) in [6.07, 6.45) is 1.88. The maximum absolute atomic E-state index is 13.5. The Morgan fingerprint density at radius 3 is 2.03 bits per heavy atom. The van der Waals surface area contributed by atoms with Gasteiger partial charge in [0.1, 0.15) is 11.5 Å². The summed E-state index contributed by atoms with van der Waals surface area (Å²) in [4.78, 5) is 18.0. The highest BCUT2D eigenvalue weighted by Crippen LogP contribution is 2.27. The van der Waals surface area contributed by atoms with E-state index < -0.39 is 0 Å². The predicted molar refractivity (Wildman–Crippen MR) is 141 cm³/mol. The highest BCUT2D eigenvalue weighted by Gasteiger charge is 2.29. The Balaban J connectivity index is 1.25. The number of ether oxygens (including phenoxy) is 1. The molecule has 0 aliphatic carbocycles. The van der Waals surface area contributed by atoms with Crippen molar-refractivity contribution in [2.45, 2.75) is 25.4 Å². The van der Waals surface area contributed by atoms with E-state index >= 15 is 0 Å². The van der Waals surface area contributed by atoms with Gasteiger partial charge < -0.3 is 9.64 Å². The van der Waals surface area contributed by atoms with Crippen LogP contribution in [0.15, 0.2) is 115 Å². The van der Waals surface area contributed by atoms with E-state index in [2.05, 4.69) is 23.1 Å². The molecule has 0 N–H and O–H groups in total. The van der Waals surface area contributed by atoms with Gasteiger partial charge in [-0.15, -0.1) is 0 Å². The first kappa shape index (κ1) is 22.9. The van der Waals surface area contributed by atoms with Gasteiger partial charge in [-0.2, -0.15) is 0 Å². The molecule has 0 atom stereocenters. The van der Waals surface area contributed by atoms with Crippen molar-refractivity contribution < 1.29 is 9.53 Å². The van der Waals surface area contributed by atoms with Crippen molar-refractivity contribution >= 4 is 11.6 Å². The maximum Gasteiger partial charge on any atom is 0.258 e. The molecule has 4 aromatic rings. The van der Waals surface area contributed by atoms with Gasteiger partial charge in [0.05, 0.1) is 0 Å². The average Bonchev–Trinajstić information content (AvgIpc) is 2.92. The zero-order chi connectivity index (χ0) is 23.9. The minimum absolute atomic E-state index is 0.0704. The molecule has 0 bridgehead atoms. The molecule has 176 valence electrons. The number of likely N-dealkylation sites (tertiary alicyclic amines) is 1. The zero-order valence-corrected chi connectivity index (χ0v) is 19.8. The Hall–Kier alpha value is -3.89. The van der Waals surface area contributed by atoms with Gasteiger partial charge in [-0.3, -0.25) is 9.69 Å². The number of amides is 1. The molecule has 0 aromatic heterocycles. The number of carbonyl (C=O) groups is 1. The Morgan fingerprint density at radius 2 is 1.34 bits per heavy atom. The lowest BCUT2D eigenvalue weighted by molar-refractivity contribution is 0.0958. The van der Waals surface area contributed by atoms with Gasteiger partial charge in [-0.25, -0.2) is 0 Å². The highest BCUT2D eigenvalue weighted by molar-refractivity contribution is 6.06. The van der Waals surface area contributed by atoms with Gasteiger partial charge in [0, 0.05) is 36.9 Å². The van der Waals surface area contributed by atoms with Crippen molar-refractivity contribution in [3.8, 4) is 11.5 Å². The normalized spacial score (nSPS) is 14.4. The summed E-state index contributed by atoms with van der Waals surface area (Å²) in [7, 11) is 0. The van der Waals surface area contributed by atoms with Gasteiger partial charge in [-0.05, 0) is 66.9 Å². The van der Waals surface area contributed by atoms with Crippen LogP contribution >= 0.6 is 0 Å². The van der Waals surface area contributed by atoms with E-state index in [-0.39, 0.29) is 11.9 Å². The molecule has 35 heavy (non-hydrogen) atoms. The summed E-state index contributed by atoms with van der Waals surface area (Å²) in [6, 6.07) is 38.0. The highest BCUT2D eigenvalue weighted by atomic mass is 16.5. The number of nitrogens with zero attached hydrogens (tertiary/aromatic N) is 2.